The number of hydrogen-bond donors (Lipinski definition) is 1. The highest BCUT2D eigenvalue weighted by Gasteiger charge is 2.46. The minimum Gasteiger partial charge on any atom is -0.375 e. The molecule has 2 aromatic rings. The summed E-state index contributed by atoms with van der Waals surface area (Å²) in [4.78, 5) is 28.5. The minimum atomic E-state index is -0.624. The largest absolute Gasteiger partial charge is 0.375 e. The lowest BCUT2D eigenvalue weighted by molar-refractivity contribution is -0.136. The highest BCUT2D eigenvalue weighted by Crippen LogP contribution is 2.38. The zero-order chi connectivity index (χ0) is 20.1. The maximum atomic E-state index is 13.2. The number of carbonyl (C=O) groups is 2. The molecule has 1 saturated heterocycles. The quantitative estimate of drug-likeness (QED) is 0.775. The van der Waals surface area contributed by atoms with Gasteiger partial charge < -0.3 is 15.0 Å². The molecule has 28 heavy (non-hydrogen) atoms. The molecule has 0 spiro atoms. The van der Waals surface area contributed by atoms with E-state index in [-0.39, 0.29) is 24.5 Å². The standard InChI is InChI=1S/C22H28N2O3S/c1-16(2)23-21(26)22(10-11-24(15-22)20(25)14-27-3)13-17-7-4-5-8-18(17)19-9-6-12-28-19/h4-9,12,16H,10-11,13-15H2,1-3H3,(H,23,26)/t22-/m1/s1. The SMILES string of the molecule is COCC(=O)N1CC[C@](Cc2ccccc2-c2cccs2)(C(=O)NC(C)C)C1. The van der Waals surface area contributed by atoms with Gasteiger partial charge in [-0.2, -0.15) is 0 Å². The molecule has 0 saturated carbocycles. The van der Waals surface area contributed by atoms with E-state index >= 15 is 0 Å². The molecule has 6 heteroatoms. The van der Waals surface area contributed by atoms with Crippen LogP contribution in [0.4, 0.5) is 0 Å². The Hall–Kier alpha value is -2.18. The van der Waals surface area contributed by atoms with Crippen molar-refractivity contribution in [1.29, 1.82) is 0 Å². The van der Waals surface area contributed by atoms with Gasteiger partial charge in [0, 0.05) is 31.1 Å². The Kier molecular flexibility index (Phi) is 6.52. The van der Waals surface area contributed by atoms with Crippen molar-refractivity contribution in [3.63, 3.8) is 0 Å². The fourth-order valence-corrected chi connectivity index (χ4v) is 4.62. The molecule has 5 nitrogen and oxygen atoms in total. The van der Waals surface area contributed by atoms with Crippen molar-refractivity contribution in [2.24, 2.45) is 5.41 Å². The van der Waals surface area contributed by atoms with Crippen molar-refractivity contribution in [2.75, 3.05) is 26.8 Å². The van der Waals surface area contributed by atoms with Crippen LogP contribution in [-0.4, -0.2) is 49.6 Å². The maximum absolute atomic E-state index is 13.2. The minimum absolute atomic E-state index is 0.0243. The van der Waals surface area contributed by atoms with Crippen LogP contribution in [0.2, 0.25) is 0 Å². The lowest BCUT2D eigenvalue weighted by atomic mass is 9.78. The van der Waals surface area contributed by atoms with Crippen molar-refractivity contribution in [2.45, 2.75) is 32.7 Å². The number of thiophene rings is 1. The van der Waals surface area contributed by atoms with Crippen LogP contribution >= 0.6 is 11.3 Å². The first-order valence-corrected chi connectivity index (χ1v) is 10.5. The third-order valence-corrected chi connectivity index (χ3v) is 6.11. The van der Waals surface area contributed by atoms with Gasteiger partial charge in [0.1, 0.15) is 6.61 Å². The van der Waals surface area contributed by atoms with Gasteiger partial charge in [-0.1, -0.05) is 30.3 Å². The Balaban J connectivity index is 1.92. The van der Waals surface area contributed by atoms with Crippen LogP contribution in [0, 0.1) is 5.41 Å². The van der Waals surface area contributed by atoms with E-state index in [1.54, 1.807) is 16.2 Å². The molecular weight excluding hydrogens is 372 g/mol. The Bertz CT molecular complexity index is 819. The first-order chi connectivity index (χ1) is 13.4. The number of rotatable bonds is 7. The first kappa shape index (κ1) is 20.6. The van der Waals surface area contributed by atoms with Crippen LogP contribution in [0.25, 0.3) is 10.4 Å². The normalized spacial score (nSPS) is 19.2. The van der Waals surface area contributed by atoms with Gasteiger partial charge in [-0.3, -0.25) is 9.59 Å². The Morgan fingerprint density at radius 3 is 2.71 bits per heavy atom. The molecule has 150 valence electrons. The molecule has 0 bridgehead atoms. The number of amides is 2. The second kappa shape index (κ2) is 8.88. The zero-order valence-electron chi connectivity index (χ0n) is 16.7. The topological polar surface area (TPSA) is 58.6 Å². The predicted octanol–water partition coefficient (Wildman–Crippen LogP) is 3.35. The van der Waals surface area contributed by atoms with Crippen LogP contribution < -0.4 is 5.32 Å². The smallest absolute Gasteiger partial charge is 0.248 e. The fraction of sp³-hybridized carbons (Fsp3) is 0.455. The molecule has 0 unspecified atom stereocenters. The van der Waals surface area contributed by atoms with E-state index in [0.29, 0.717) is 25.9 Å². The molecular formula is C22H28N2O3S. The highest BCUT2D eigenvalue weighted by atomic mass is 32.1. The van der Waals surface area contributed by atoms with E-state index in [2.05, 4.69) is 28.9 Å². The maximum Gasteiger partial charge on any atom is 0.248 e. The number of nitrogens with one attached hydrogen (secondary N) is 1. The zero-order valence-corrected chi connectivity index (χ0v) is 17.6. The number of ether oxygens (including phenoxy) is 1. The third-order valence-electron chi connectivity index (χ3n) is 5.21. The lowest BCUT2D eigenvalue weighted by Crippen LogP contribution is -2.47. The van der Waals surface area contributed by atoms with Crippen LogP contribution in [0.15, 0.2) is 41.8 Å². The van der Waals surface area contributed by atoms with Gasteiger partial charge in [0.25, 0.3) is 0 Å². The summed E-state index contributed by atoms with van der Waals surface area (Å²) in [5, 5.41) is 5.15. The molecule has 1 aliphatic heterocycles. The highest BCUT2D eigenvalue weighted by molar-refractivity contribution is 7.13. The van der Waals surface area contributed by atoms with Crippen LogP contribution in [0.3, 0.4) is 0 Å². The second-order valence-corrected chi connectivity index (χ2v) is 8.67. The summed E-state index contributed by atoms with van der Waals surface area (Å²) < 4.78 is 5.01. The molecule has 0 radical (unpaired) electrons. The van der Waals surface area contributed by atoms with Gasteiger partial charge in [-0.25, -0.2) is 0 Å². The number of nitrogens with zero attached hydrogens (tertiary/aromatic N) is 1. The monoisotopic (exact) mass is 400 g/mol. The summed E-state index contributed by atoms with van der Waals surface area (Å²) in [5.41, 5.74) is 1.68. The lowest BCUT2D eigenvalue weighted by Gasteiger charge is -2.30. The molecule has 1 aromatic heterocycles. The van der Waals surface area contributed by atoms with Gasteiger partial charge in [-0.15, -0.1) is 11.3 Å². The molecule has 1 fully saturated rings. The Labute approximate surface area is 170 Å². The molecule has 1 atom stereocenters. The number of benzene rings is 1. The third kappa shape index (κ3) is 4.45. The number of likely N-dealkylation sites (tertiary alicyclic amines) is 1. The van der Waals surface area contributed by atoms with Gasteiger partial charge in [0.2, 0.25) is 11.8 Å². The van der Waals surface area contributed by atoms with Crippen LogP contribution in [0.5, 0.6) is 0 Å². The number of methoxy groups -OCH3 is 1. The predicted molar refractivity (Wildman–Crippen MR) is 112 cm³/mol. The van der Waals surface area contributed by atoms with Gasteiger partial charge >= 0.3 is 0 Å². The average molecular weight is 401 g/mol. The van der Waals surface area contributed by atoms with E-state index < -0.39 is 5.41 Å². The molecule has 3 rings (SSSR count). The van der Waals surface area contributed by atoms with Gasteiger partial charge in [0.15, 0.2) is 0 Å². The fourth-order valence-electron chi connectivity index (χ4n) is 3.84. The number of hydrogen-bond acceptors (Lipinski definition) is 4. The van der Waals surface area contributed by atoms with Crippen molar-refractivity contribution in [3.05, 3.63) is 47.3 Å². The van der Waals surface area contributed by atoms with E-state index in [0.717, 1.165) is 11.1 Å². The number of carbonyl (C=O) groups excluding carboxylic acids is 2. The van der Waals surface area contributed by atoms with E-state index in [4.69, 9.17) is 4.74 Å². The van der Waals surface area contributed by atoms with Gasteiger partial charge in [-0.05, 0) is 49.3 Å². The summed E-state index contributed by atoms with van der Waals surface area (Å²) in [7, 11) is 1.52. The molecule has 2 heterocycles. The molecule has 1 N–H and O–H groups in total. The van der Waals surface area contributed by atoms with E-state index in [1.807, 2.05) is 32.0 Å². The van der Waals surface area contributed by atoms with Crippen molar-refractivity contribution < 1.29 is 14.3 Å². The van der Waals surface area contributed by atoms with Gasteiger partial charge in [0.05, 0.1) is 5.41 Å². The second-order valence-electron chi connectivity index (χ2n) is 7.72. The summed E-state index contributed by atoms with van der Waals surface area (Å²) in [6.45, 7) is 4.98. The van der Waals surface area contributed by atoms with E-state index in [9.17, 15) is 9.59 Å². The van der Waals surface area contributed by atoms with Crippen LogP contribution in [0.1, 0.15) is 25.8 Å². The van der Waals surface area contributed by atoms with Crippen LogP contribution in [-0.2, 0) is 20.7 Å². The molecule has 1 aliphatic rings. The van der Waals surface area contributed by atoms with Crippen molar-refractivity contribution in [3.8, 4) is 10.4 Å². The summed E-state index contributed by atoms with van der Waals surface area (Å²) in [6.07, 6.45) is 1.26. The molecule has 2 amide bonds. The summed E-state index contributed by atoms with van der Waals surface area (Å²) >= 11 is 1.70. The van der Waals surface area contributed by atoms with Crippen molar-refractivity contribution >= 4 is 23.2 Å². The summed E-state index contributed by atoms with van der Waals surface area (Å²) in [5.74, 6) is -0.0375. The van der Waals surface area contributed by atoms with Crippen molar-refractivity contribution in [1.82, 2.24) is 10.2 Å². The molecule has 0 aliphatic carbocycles. The van der Waals surface area contributed by atoms with E-state index in [1.165, 1.54) is 12.0 Å². The summed E-state index contributed by atoms with van der Waals surface area (Å²) in [6, 6.07) is 12.5. The molecule has 1 aromatic carbocycles. The average Bonchev–Trinajstić information content (AvgIpc) is 3.33. The first-order valence-electron chi connectivity index (χ1n) is 9.64. The Morgan fingerprint density at radius 2 is 2.04 bits per heavy atom. The Morgan fingerprint density at radius 1 is 1.25 bits per heavy atom.